The molecule has 0 bridgehead atoms. The van der Waals surface area contributed by atoms with Crippen LogP contribution in [0.5, 0.6) is 0 Å². The Hall–Kier alpha value is -1.34. The summed E-state index contributed by atoms with van der Waals surface area (Å²) in [5.74, 6) is 0.966. The highest BCUT2D eigenvalue weighted by molar-refractivity contribution is 5.85. The number of hydrogen-bond acceptors (Lipinski definition) is 4. The van der Waals surface area contributed by atoms with Crippen LogP contribution in [0.25, 0.3) is 0 Å². The Balaban J connectivity index is 0.00000420. The molecule has 0 spiro atoms. The molecule has 168 valence electrons. The molecule has 2 fully saturated rings. The molecular weight excluding hydrogens is 392 g/mol. The molecule has 2 unspecified atom stereocenters. The standard InChI is InChI=1S/C21H38N4O3.ClH/c1-16(2)14-20(27)25-12-10-24(11-13-25)19(26)6-4-3-5-9-23-21(28)17-7-8-18(22)15-17;/h16-18H,3-15,22H2,1-2H3,(H,23,28);1H. The first-order valence-electron chi connectivity index (χ1n) is 11.0. The van der Waals surface area contributed by atoms with Gasteiger partial charge in [0.25, 0.3) is 0 Å². The fraction of sp³-hybridized carbons (Fsp3) is 0.857. The van der Waals surface area contributed by atoms with E-state index in [-0.39, 0.29) is 42.1 Å². The largest absolute Gasteiger partial charge is 0.356 e. The topological polar surface area (TPSA) is 95.7 Å². The minimum absolute atomic E-state index is 0. The highest BCUT2D eigenvalue weighted by atomic mass is 35.5. The summed E-state index contributed by atoms with van der Waals surface area (Å²) in [6.07, 6.45) is 6.45. The summed E-state index contributed by atoms with van der Waals surface area (Å²) < 4.78 is 0. The number of hydrogen-bond donors (Lipinski definition) is 2. The van der Waals surface area contributed by atoms with Crippen LogP contribution in [0, 0.1) is 11.8 Å². The Bertz CT molecular complexity index is 536. The third-order valence-corrected chi connectivity index (χ3v) is 5.78. The Labute approximate surface area is 181 Å². The zero-order valence-electron chi connectivity index (χ0n) is 18.0. The number of piperazine rings is 1. The zero-order chi connectivity index (χ0) is 20.5. The molecule has 7 nitrogen and oxygen atoms in total. The highest BCUT2D eigenvalue weighted by Gasteiger charge is 2.27. The van der Waals surface area contributed by atoms with Crippen molar-refractivity contribution >= 4 is 30.1 Å². The van der Waals surface area contributed by atoms with Crippen LogP contribution in [0.1, 0.15) is 65.2 Å². The third kappa shape index (κ3) is 8.91. The second-order valence-electron chi connectivity index (χ2n) is 8.73. The summed E-state index contributed by atoms with van der Waals surface area (Å²) >= 11 is 0. The van der Waals surface area contributed by atoms with Gasteiger partial charge < -0.3 is 20.9 Å². The fourth-order valence-electron chi connectivity index (χ4n) is 4.03. The maximum atomic E-state index is 12.3. The van der Waals surface area contributed by atoms with Gasteiger partial charge in [-0.25, -0.2) is 0 Å². The number of nitrogens with one attached hydrogen (secondary N) is 1. The average Bonchev–Trinajstić information content (AvgIpc) is 3.10. The van der Waals surface area contributed by atoms with Crippen molar-refractivity contribution in [2.24, 2.45) is 17.6 Å². The minimum atomic E-state index is 0. The van der Waals surface area contributed by atoms with Crippen LogP contribution in [-0.2, 0) is 14.4 Å². The number of carbonyl (C=O) groups is 3. The van der Waals surface area contributed by atoms with Crippen LogP contribution in [0.2, 0.25) is 0 Å². The number of nitrogens with zero attached hydrogens (tertiary/aromatic N) is 2. The van der Waals surface area contributed by atoms with Crippen LogP contribution in [-0.4, -0.2) is 66.3 Å². The van der Waals surface area contributed by atoms with E-state index in [9.17, 15) is 14.4 Å². The highest BCUT2D eigenvalue weighted by Crippen LogP contribution is 2.24. The molecule has 3 amide bonds. The average molecular weight is 431 g/mol. The van der Waals surface area contributed by atoms with E-state index in [1.54, 1.807) is 0 Å². The summed E-state index contributed by atoms with van der Waals surface area (Å²) in [5, 5.41) is 3.00. The SMILES string of the molecule is CC(C)CC(=O)N1CCN(C(=O)CCCCCNC(=O)C2CCC(N)C2)CC1.Cl. The van der Waals surface area contributed by atoms with Crippen molar-refractivity contribution in [3.8, 4) is 0 Å². The Morgan fingerprint density at radius 3 is 2.14 bits per heavy atom. The smallest absolute Gasteiger partial charge is 0.223 e. The Morgan fingerprint density at radius 1 is 0.966 bits per heavy atom. The first-order valence-corrected chi connectivity index (χ1v) is 11.0. The van der Waals surface area contributed by atoms with Gasteiger partial charge in [0, 0.05) is 57.5 Å². The normalized spacial score (nSPS) is 21.8. The molecule has 2 aliphatic rings. The first kappa shape index (κ1) is 25.7. The van der Waals surface area contributed by atoms with Crippen LogP contribution >= 0.6 is 12.4 Å². The predicted octanol–water partition coefficient (Wildman–Crippen LogP) is 1.93. The quantitative estimate of drug-likeness (QED) is 0.546. The molecule has 1 aliphatic carbocycles. The van der Waals surface area contributed by atoms with Gasteiger partial charge >= 0.3 is 0 Å². The van der Waals surface area contributed by atoms with Gasteiger partial charge in [0.15, 0.2) is 0 Å². The lowest BCUT2D eigenvalue weighted by Gasteiger charge is -2.35. The molecular formula is C21H39ClN4O3. The minimum Gasteiger partial charge on any atom is -0.356 e. The molecule has 0 aromatic carbocycles. The van der Waals surface area contributed by atoms with Crippen molar-refractivity contribution in [3.63, 3.8) is 0 Å². The van der Waals surface area contributed by atoms with E-state index in [1.165, 1.54) is 0 Å². The lowest BCUT2D eigenvalue weighted by molar-refractivity contribution is -0.140. The second kappa shape index (κ2) is 13.1. The monoisotopic (exact) mass is 430 g/mol. The van der Waals surface area contributed by atoms with Crippen molar-refractivity contribution < 1.29 is 14.4 Å². The van der Waals surface area contributed by atoms with Gasteiger partial charge in [0.1, 0.15) is 0 Å². The van der Waals surface area contributed by atoms with Crippen LogP contribution in [0.4, 0.5) is 0 Å². The molecule has 2 atom stereocenters. The number of halogens is 1. The number of unbranched alkanes of at least 4 members (excludes halogenated alkanes) is 2. The summed E-state index contributed by atoms with van der Waals surface area (Å²) in [6, 6.07) is 0.178. The number of carbonyl (C=O) groups excluding carboxylic acids is 3. The van der Waals surface area contributed by atoms with Crippen LogP contribution in [0.15, 0.2) is 0 Å². The maximum absolute atomic E-state index is 12.3. The molecule has 1 saturated heterocycles. The molecule has 0 aromatic heterocycles. The molecule has 3 N–H and O–H groups in total. The molecule has 2 rings (SSSR count). The van der Waals surface area contributed by atoms with Gasteiger partial charge in [-0.1, -0.05) is 20.3 Å². The van der Waals surface area contributed by atoms with Gasteiger partial charge in [-0.15, -0.1) is 12.4 Å². The van der Waals surface area contributed by atoms with E-state index < -0.39 is 0 Å². The first-order chi connectivity index (χ1) is 13.4. The van der Waals surface area contributed by atoms with Gasteiger partial charge in [0.05, 0.1) is 0 Å². The molecule has 1 saturated carbocycles. The number of nitrogens with two attached hydrogens (primary N) is 1. The van der Waals surface area contributed by atoms with Crippen molar-refractivity contribution in [1.82, 2.24) is 15.1 Å². The Kier molecular flexibility index (Phi) is 11.6. The van der Waals surface area contributed by atoms with Gasteiger partial charge in [0.2, 0.25) is 17.7 Å². The lowest BCUT2D eigenvalue weighted by atomic mass is 10.1. The predicted molar refractivity (Wildman–Crippen MR) is 117 cm³/mol. The van der Waals surface area contributed by atoms with Crippen molar-refractivity contribution in [3.05, 3.63) is 0 Å². The van der Waals surface area contributed by atoms with Crippen molar-refractivity contribution in [1.29, 1.82) is 0 Å². The van der Waals surface area contributed by atoms with E-state index >= 15 is 0 Å². The second-order valence-corrected chi connectivity index (χ2v) is 8.73. The molecule has 8 heteroatoms. The number of rotatable bonds is 9. The van der Waals surface area contributed by atoms with Gasteiger partial charge in [-0.3, -0.25) is 14.4 Å². The maximum Gasteiger partial charge on any atom is 0.223 e. The molecule has 1 heterocycles. The molecule has 0 aromatic rings. The van der Waals surface area contributed by atoms with E-state index in [2.05, 4.69) is 5.32 Å². The summed E-state index contributed by atoms with van der Waals surface area (Å²) in [4.78, 5) is 40.2. The van der Waals surface area contributed by atoms with Gasteiger partial charge in [-0.2, -0.15) is 0 Å². The van der Waals surface area contributed by atoms with Crippen LogP contribution in [0.3, 0.4) is 0 Å². The lowest BCUT2D eigenvalue weighted by Crippen LogP contribution is -2.50. The summed E-state index contributed by atoms with van der Waals surface area (Å²) in [7, 11) is 0. The van der Waals surface area contributed by atoms with E-state index in [4.69, 9.17) is 5.73 Å². The van der Waals surface area contributed by atoms with Crippen LogP contribution < -0.4 is 11.1 Å². The summed E-state index contributed by atoms with van der Waals surface area (Å²) in [5.41, 5.74) is 5.85. The molecule has 29 heavy (non-hydrogen) atoms. The van der Waals surface area contributed by atoms with E-state index in [1.807, 2.05) is 23.6 Å². The molecule has 0 radical (unpaired) electrons. The van der Waals surface area contributed by atoms with Gasteiger partial charge in [-0.05, 0) is 38.0 Å². The number of amides is 3. The van der Waals surface area contributed by atoms with E-state index in [0.29, 0.717) is 51.5 Å². The van der Waals surface area contributed by atoms with Crippen molar-refractivity contribution in [2.45, 2.75) is 71.3 Å². The summed E-state index contributed by atoms with van der Waals surface area (Å²) in [6.45, 7) is 7.35. The van der Waals surface area contributed by atoms with Crippen molar-refractivity contribution in [2.75, 3.05) is 32.7 Å². The zero-order valence-corrected chi connectivity index (χ0v) is 18.8. The third-order valence-electron chi connectivity index (χ3n) is 5.78. The van der Waals surface area contributed by atoms with E-state index in [0.717, 1.165) is 38.5 Å². The molecule has 1 aliphatic heterocycles. The fourth-order valence-corrected chi connectivity index (χ4v) is 4.03. The Morgan fingerprint density at radius 2 is 1.59 bits per heavy atom.